The summed E-state index contributed by atoms with van der Waals surface area (Å²) in [6.07, 6.45) is 5.72. The summed E-state index contributed by atoms with van der Waals surface area (Å²) in [5.41, 5.74) is 4.28. The maximum atomic E-state index is 10.5. The van der Waals surface area contributed by atoms with Crippen LogP contribution in [0.2, 0.25) is 0 Å². The molecule has 3 heteroatoms. The van der Waals surface area contributed by atoms with E-state index < -0.39 is 5.41 Å². The topological polar surface area (TPSA) is 60.7 Å². The van der Waals surface area contributed by atoms with Gasteiger partial charge in [0.15, 0.2) is 0 Å². The van der Waals surface area contributed by atoms with Crippen molar-refractivity contribution in [3.05, 3.63) is 88.5 Å². The van der Waals surface area contributed by atoms with Crippen LogP contribution in [-0.4, -0.2) is 15.3 Å². The van der Waals surface area contributed by atoms with Gasteiger partial charge in [-0.1, -0.05) is 55.7 Å². The Bertz CT molecular complexity index is 979. The Labute approximate surface area is 178 Å². The molecule has 30 heavy (non-hydrogen) atoms. The summed E-state index contributed by atoms with van der Waals surface area (Å²) in [4.78, 5) is 0. The summed E-state index contributed by atoms with van der Waals surface area (Å²) >= 11 is 0. The number of phenolic OH excluding ortho intramolecular Hbond substituents is 3. The fraction of sp³-hybridized carbons (Fsp3) is 0.333. The normalized spacial score (nSPS) is 15.3. The maximum absolute atomic E-state index is 10.5. The van der Waals surface area contributed by atoms with Crippen molar-refractivity contribution < 1.29 is 15.3 Å². The second-order valence-electron chi connectivity index (χ2n) is 8.70. The van der Waals surface area contributed by atoms with E-state index in [-0.39, 0.29) is 11.5 Å². The van der Waals surface area contributed by atoms with Crippen LogP contribution in [0.5, 0.6) is 17.2 Å². The average Bonchev–Trinajstić information content (AvgIpc) is 2.73. The van der Waals surface area contributed by atoms with Crippen LogP contribution in [0.3, 0.4) is 0 Å². The fourth-order valence-electron chi connectivity index (χ4n) is 5.43. The molecular weight excluding hydrogens is 372 g/mol. The minimum atomic E-state index is -0.527. The first-order valence-corrected chi connectivity index (χ1v) is 10.8. The van der Waals surface area contributed by atoms with Crippen LogP contribution in [0, 0.1) is 19.8 Å². The van der Waals surface area contributed by atoms with Crippen molar-refractivity contribution in [3.8, 4) is 17.2 Å². The lowest BCUT2D eigenvalue weighted by Gasteiger charge is -2.45. The number of aryl methyl sites for hydroxylation is 2. The van der Waals surface area contributed by atoms with Gasteiger partial charge >= 0.3 is 0 Å². The first-order chi connectivity index (χ1) is 14.4. The Balaban J connectivity index is 2.10. The van der Waals surface area contributed by atoms with Crippen molar-refractivity contribution in [1.29, 1.82) is 0 Å². The summed E-state index contributed by atoms with van der Waals surface area (Å²) in [5, 5.41) is 31.2. The van der Waals surface area contributed by atoms with Gasteiger partial charge in [0.1, 0.15) is 17.2 Å². The minimum Gasteiger partial charge on any atom is -0.508 e. The van der Waals surface area contributed by atoms with E-state index in [0.717, 1.165) is 40.7 Å². The molecular formula is C27H30O3. The van der Waals surface area contributed by atoms with Crippen molar-refractivity contribution in [2.45, 2.75) is 51.4 Å². The third-order valence-electron chi connectivity index (χ3n) is 6.77. The van der Waals surface area contributed by atoms with Crippen molar-refractivity contribution in [2.24, 2.45) is 5.92 Å². The van der Waals surface area contributed by atoms with Crippen LogP contribution in [0.25, 0.3) is 0 Å². The lowest BCUT2D eigenvalue weighted by molar-refractivity contribution is 0.270. The van der Waals surface area contributed by atoms with Gasteiger partial charge in [-0.2, -0.15) is 0 Å². The molecule has 0 heterocycles. The molecule has 3 aromatic rings. The van der Waals surface area contributed by atoms with E-state index in [0.29, 0.717) is 11.7 Å². The van der Waals surface area contributed by atoms with Gasteiger partial charge in [-0.15, -0.1) is 0 Å². The van der Waals surface area contributed by atoms with Crippen LogP contribution in [-0.2, 0) is 5.41 Å². The van der Waals surface area contributed by atoms with E-state index in [1.54, 1.807) is 12.1 Å². The Morgan fingerprint density at radius 1 is 0.667 bits per heavy atom. The number of hydrogen-bond donors (Lipinski definition) is 3. The number of hydrogen-bond acceptors (Lipinski definition) is 3. The average molecular weight is 403 g/mol. The standard InChI is InChI=1S/C27H30O3/c1-18-14-23(15-19(2)26(18)30)27(20-8-4-3-5-9-20,21-10-6-12-24(28)16-21)22-11-7-13-25(29)17-22/h6-7,10-17,20,28-30H,3-5,8-9H2,1-2H3. The first kappa shape index (κ1) is 20.3. The highest BCUT2D eigenvalue weighted by atomic mass is 16.3. The Morgan fingerprint density at radius 2 is 1.17 bits per heavy atom. The molecule has 0 radical (unpaired) electrons. The zero-order chi connectivity index (χ0) is 21.3. The molecule has 1 aliphatic carbocycles. The second-order valence-corrected chi connectivity index (χ2v) is 8.70. The van der Waals surface area contributed by atoms with Gasteiger partial charge in [0.05, 0.1) is 0 Å². The Hall–Kier alpha value is -2.94. The van der Waals surface area contributed by atoms with E-state index >= 15 is 0 Å². The summed E-state index contributed by atoms with van der Waals surface area (Å²) in [6, 6.07) is 19.2. The number of phenols is 3. The first-order valence-electron chi connectivity index (χ1n) is 10.8. The van der Waals surface area contributed by atoms with E-state index in [1.807, 2.05) is 38.1 Å². The molecule has 0 aromatic heterocycles. The van der Waals surface area contributed by atoms with Gasteiger partial charge in [0.2, 0.25) is 0 Å². The van der Waals surface area contributed by atoms with E-state index in [9.17, 15) is 15.3 Å². The molecule has 0 bridgehead atoms. The lowest BCUT2D eigenvalue weighted by Crippen LogP contribution is -2.39. The summed E-state index contributed by atoms with van der Waals surface area (Å²) < 4.78 is 0. The zero-order valence-electron chi connectivity index (χ0n) is 17.7. The van der Waals surface area contributed by atoms with Gasteiger partial charge < -0.3 is 15.3 Å². The van der Waals surface area contributed by atoms with Crippen LogP contribution in [0.4, 0.5) is 0 Å². The predicted octanol–water partition coefficient (Wildman–Crippen LogP) is 6.33. The maximum Gasteiger partial charge on any atom is 0.121 e. The van der Waals surface area contributed by atoms with Gasteiger partial charge in [0.25, 0.3) is 0 Å². The molecule has 0 aliphatic heterocycles. The SMILES string of the molecule is Cc1cc(C(c2cccc(O)c2)(c2cccc(O)c2)C2CCCCC2)cc(C)c1O. The predicted molar refractivity (Wildman–Crippen MR) is 120 cm³/mol. The molecule has 3 N–H and O–H groups in total. The van der Waals surface area contributed by atoms with Crippen molar-refractivity contribution in [2.75, 3.05) is 0 Å². The highest BCUT2D eigenvalue weighted by molar-refractivity contribution is 5.57. The van der Waals surface area contributed by atoms with E-state index in [4.69, 9.17) is 0 Å². The quantitative estimate of drug-likeness (QED) is 0.447. The molecule has 1 fully saturated rings. The highest BCUT2D eigenvalue weighted by Crippen LogP contribution is 2.52. The molecule has 0 amide bonds. The highest BCUT2D eigenvalue weighted by Gasteiger charge is 2.44. The van der Waals surface area contributed by atoms with Crippen LogP contribution in [0.1, 0.15) is 59.9 Å². The molecule has 156 valence electrons. The fourth-order valence-corrected chi connectivity index (χ4v) is 5.43. The minimum absolute atomic E-state index is 0.236. The number of rotatable bonds is 4. The molecule has 0 spiro atoms. The van der Waals surface area contributed by atoms with Crippen molar-refractivity contribution >= 4 is 0 Å². The van der Waals surface area contributed by atoms with E-state index in [2.05, 4.69) is 24.3 Å². The summed E-state index contributed by atoms with van der Waals surface area (Å²) in [7, 11) is 0. The van der Waals surface area contributed by atoms with Crippen molar-refractivity contribution in [3.63, 3.8) is 0 Å². The number of benzene rings is 3. The smallest absolute Gasteiger partial charge is 0.121 e. The van der Waals surface area contributed by atoms with Crippen LogP contribution >= 0.6 is 0 Å². The molecule has 1 aliphatic rings. The Kier molecular flexibility index (Phi) is 5.46. The van der Waals surface area contributed by atoms with Gasteiger partial charge in [-0.3, -0.25) is 0 Å². The van der Waals surface area contributed by atoms with Gasteiger partial charge in [-0.05, 0) is 84.7 Å². The molecule has 3 aromatic carbocycles. The monoisotopic (exact) mass is 402 g/mol. The largest absolute Gasteiger partial charge is 0.508 e. The van der Waals surface area contributed by atoms with Crippen LogP contribution < -0.4 is 0 Å². The van der Waals surface area contributed by atoms with Gasteiger partial charge in [0, 0.05) is 5.41 Å². The molecule has 1 saturated carbocycles. The summed E-state index contributed by atoms with van der Waals surface area (Å²) in [6.45, 7) is 3.87. The van der Waals surface area contributed by atoms with Gasteiger partial charge in [-0.25, -0.2) is 0 Å². The Morgan fingerprint density at radius 3 is 1.63 bits per heavy atom. The molecule has 0 unspecified atom stereocenters. The second kappa shape index (κ2) is 8.06. The molecule has 4 rings (SSSR count). The molecule has 3 nitrogen and oxygen atoms in total. The third kappa shape index (κ3) is 3.43. The summed E-state index contributed by atoms with van der Waals surface area (Å²) in [5.74, 6) is 1.11. The van der Waals surface area contributed by atoms with E-state index in [1.165, 1.54) is 19.3 Å². The zero-order valence-corrected chi connectivity index (χ0v) is 17.7. The van der Waals surface area contributed by atoms with Crippen molar-refractivity contribution in [1.82, 2.24) is 0 Å². The third-order valence-corrected chi connectivity index (χ3v) is 6.77. The lowest BCUT2D eigenvalue weighted by atomic mass is 9.58. The molecule has 0 atom stereocenters. The molecule has 0 saturated heterocycles. The number of aromatic hydroxyl groups is 3. The van der Waals surface area contributed by atoms with Crippen LogP contribution in [0.15, 0.2) is 60.7 Å².